The number of hydrogen-bond donors (Lipinski definition) is 2. The highest BCUT2D eigenvalue weighted by molar-refractivity contribution is 5.46. The Morgan fingerprint density at radius 3 is 2.74 bits per heavy atom. The van der Waals surface area contributed by atoms with Gasteiger partial charge in [-0.15, -0.1) is 0 Å². The number of nitrogens with one attached hydrogen (secondary N) is 2. The molecule has 1 aliphatic heterocycles. The summed E-state index contributed by atoms with van der Waals surface area (Å²) in [6.45, 7) is 3.35. The highest BCUT2D eigenvalue weighted by atomic mass is 16.5. The third-order valence-corrected chi connectivity index (χ3v) is 3.38. The van der Waals surface area contributed by atoms with E-state index < -0.39 is 0 Å². The molecule has 1 fully saturated rings. The molecule has 0 bridgehead atoms. The molecule has 2 rings (SSSR count). The lowest BCUT2D eigenvalue weighted by Crippen LogP contribution is -2.39. The second-order valence-electron chi connectivity index (χ2n) is 4.89. The van der Waals surface area contributed by atoms with Crippen LogP contribution in [0.25, 0.3) is 0 Å². The van der Waals surface area contributed by atoms with E-state index in [0.717, 1.165) is 24.5 Å². The van der Waals surface area contributed by atoms with Crippen molar-refractivity contribution in [1.82, 2.24) is 5.32 Å². The van der Waals surface area contributed by atoms with Crippen molar-refractivity contribution in [3.05, 3.63) is 24.3 Å². The molecule has 19 heavy (non-hydrogen) atoms. The fraction of sp³-hybridized carbons (Fsp3) is 0.600. The maximum Gasteiger partial charge on any atom is 0.119 e. The van der Waals surface area contributed by atoms with Gasteiger partial charge in [0, 0.05) is 25.4 Å². The maximum absolute atomic E-state index is 5.53. The van der Waals surface area contributed by atoms with Crippen LogP contribution >= 0.6 is 0 Å². The molecule has 0 amide bonds. The van der Waals surface area contributed by atoms with Crippen LogP contribution in [-0.4, -0.2) is 39.5 Å². The quantitative estimate of drug-likeness (QED) is 0.741. The second kappa shape index (κ2) is 8.02. The first-order valence-corrected chi connectivity index (χ1v) is 7.07. The van der Waals surface area contributed by atoms with Crippen LogP contribution in [0.1, 0.15) is 19.3 Å². The van der Waals surface area contributed by atoms with E-state index in [2.05, 4.69) is 22.8 Å². The molecular formula is C15H24N2O2. The summed E-state index contributed by atoms with van der Waals surface area (Å²) in [6.07, 6.45) is 3.92. The molecule has 1 atom stereocenters. The Labute approximate surface area is 115 Å². The van der Waals surface area contributed by atoms with Gasteiger partial charge in [-0.2, -0.15) is 0 Å². The van der Waals surface area contributed by atoms with Crippen molar-refractivity contribution in [3.63, 3.8) is 0 Å². The van der Waals surface area contributed by atoms with E-state index in [-0.39, 0.29) is 0 Å². The summed E-state index contributed by atoms with van der Waals surface area (Å²) in [5, 5.41) is 7.00. The average Bonchev–Trinajstić information content (AvgIpc) is 2.48. The maximum atomic E-state index is 5.53. The molecule has 2 N–H and O–H groups in total. The van der Waals surface area contributed by atoms with E-state index in [1.54, 1.807) is 7.11 Å². The van der Waals surface area contributed by atoms with Gasteiger partial charge in [0.05, 0.1) is 6.61 Å². The minimum absolute atomic E-state index is 0.593. The van der Waals surface area contributed by atoms with Gasteiger partial charge < -0.3 is 20.1 Å². The standard InChI is InChI=1S/C15H24N2O2/c1-18-10-11-19-15-7-5-13(6-8-15)17-12-14-4-2-3-9-16-14/h5-8,14,16-17H,2-4,9-12H2,1H3. The van der Waals surface area contributed by atoms with Gasteiger partial charge in [-0.25, -0.2) is 0 Å². The second-order valence-corrected chi connectivity index (χ2v) is 4.89. The van der Waals surface area contributed by atoms with Crippen molar-refractivity contribution in [2.45, 2.75) is 25.3 Å². The van der Waals surface area contributed by atoms with Gasteiger partial charge in [0.1, 0.15) is 12.4 Å². The third kappa shape index (κ3) is 5.09. The van der Waals surface area contributed by atoms with Crippen molar-refractivity contribution in [3.8, 4) is 5.75 Å². The smallest absolute Gasteiger partial charge is 0.119 e. The predicted molar refractivity (Wildman–Crippen MR) is 77.9 cm³/mol. The Morgan fingerprint density at radius 1 is 1.21 bits per heavy atom. The predicted octanol–water partition coefficient (Wildman–Crippen LogP) is 2.27. The first-order valence-electron chi connectivity index (χ1n) is 7.07. The van der Waals surface area contributed by atoms with Crippen LogP contribution in [0, 0.1) is 0 Å². The molecular weight excluding hydrogens is 240 g/mol. The molecule has 4 heteroatoms. The van der Waals surface area contributed by atoms with E-state index in [0.29, 0.717) is 19.3 Å². The summed E-state index contributed by atoms with van der Waals surface area (Å²) in [5.41, 5.74) is 1.14. The zero-order chi connectivity index (χ0) is 13.3. The number of benzene rings is 1. The van der Waals surface area contributed by atoms with Crippen molar-refractivity contribution in [2.24, 2.45) is 0 Å². The van der Waals surface area contributed by atoms with Gasteiger partial charge in [0.25, 0.3) is 0 Å². The van der Waals surface area contributed by atoms with E-state index in [4.69, 9.17) is 9.47 Å². The monoisotopic (exact) mass is 264 g/mol. The minimum atomic E-state index is 0.593. The van der Waals surface area contributed by atoms with Crippen molar-refractivity contribution < 1.29 is 9.47 Å². The molecule has 1 aromatic carbocycles. The Kier molecular flexibility index (Phi) is 5.98. The molecule has 1 aromatic rings. The van der Waals surface area contributed by atoms with Crippen LogP contribution in [-0.2, 0) is 4.74 Å². The van der Waals surface area contributed by atoms with Crippen molar-refractivity contribution in [2.75, 3.05) is 38.7 Å². The fourth-order valence-electron chi connectivity index (χ4n) is 2.25. The molecule has 1 aliphatic rings. The molecule has 1 heterocycles. The van der Waals surface area contributed by atoms with Gasteiger partial charge in [-0.3, -0.25) is 0 Å². The van der Waals surface area contributed by atoms with Crippen LogP contribution < -0.4 is 15.4 Å². The molecule has 0 radical (unpaired) electrons. The van der Waals surface area contributed by atoms with Crippen molar-refractivity contribution in [1.29, 1.82) is 0 Å². The van der Waals surface area contributed by atoms with E-state index in [1.165, 1.54) is 19.3 Å². The molecule has 4 nitrogen and oxygen atoms in total. The Morgan fingerprint density at radius 2 is 2.05 bits per heavy atom. The summed E-state index contributed by atoms with van der Waals surface area (Å²) < 4.78 is 10.5. The number of ether oxygens (including phenoxy) is 2. The van der Waals surface area contributed by atoms with Gasteiger partial charge in [-0.05, 0) is 43.7 Å². The number of methoxy groups -OCH3 is 1. The topological polar surface area (TPSA) is 42.5 Å². The molecule has 0 aromatic heterocycles. The molecule has 0 spiro atoms. The first-order chi connectivity index (χ1) is 9.38. The minimum Gasteiger partial charge on any atom is -0.491 e. The molecule has 106 valence electrons. The molecule has 1 saturated heterocycles. The lowest BCUT2D eigenvalue weighted by molar-refractivity contribution is 0.146. The van der Waals surface area contributed by atoms with Gasteiger partial charge in [-0.1, -0.05) is 6.42 Å². The fourth-order valence-corrected chi connectivity index (χ4v) is 2.25. The van der Waals surface area contributed by atoms with E-state index >= 15 is 0 Å². The van der Waals surface area contributed by atoms with Gasteiger partial charge in [0.15, 0.2) is 0 Å². The Hall–Kier alpha value is -1.26. The van der Waals surface area contributed by atoms with E-state index in [1.807, 2.05) is 12.1 Å². The largest absolute Gasteiger partial charge is 0.491 e. The summed E-state index contributed by atoms with van der Waals surface area (Å²) >= 11 is 0. The normalized spacial score (nSPS) is 19.1. The number of hydrogen-bond acceptors (Lipinski definition) is 4. The zero-order valence-electron chi connectivity index (χ0n) is 11.7. The van der Waals surface area contributed by atoms with Crippen LogP contribution in [0.15, 0.2) is 24.3 Å². The summed E-state index contributed by atoms with van der Waals surface area (Å²) in [4.78, 5) is 0. The lowest BCUT2D eigenvalue weighted by atomic mass is 10.1. The van der Waals surface area contributed by atoms with Crippen LogP contribution in [0.4, 0.5) is 5.69 Å². The molecule has 1 unspecified atom stereocenters. The number of piperidine rings is 1. The summed E-state index contributed by atoms with van der Waals surface area (Å²) in [6, 6.07) is 8.71. The van der Waals surface area contributed by atoms with Crippen LogP contribution in [0.3, 0.4) is 0 Å². The van der Waals surface area contributed by atoms with Gasteiger partial charge in [0.2, 0.25) is 0 Å². The van der Waals surface area contributed by atoms with Crippen LogP contribution in [0.2, 0.25) is 0 Å². The Balaban J connectivity index is 1.71. The number of anilines is 1. The Bertz CT molecular complexity index is 348. The zero-order valence-corrected chi connectivity index (χ0v) is 11.7. The SMILES string of the molecule is COCCOc1ccc(NCC2CCCCN2)cc1. The first kappa shape index (κ1) is 14.2. The lowest BCUT2D eigenvalue weighted by Gasteiger charge is -2.24. The highest BCUT2D eigenvalue weighted by Crippen LogP contribution is 2.16. The molecule has 0 aliphatic carbocycles. The third-order valence-electron chi connectivity index (χ3n) is 3.38. The van der Waals surface area contributed by atoms with Crippen molar-refractivity contribution >= 4 is 5.69 Å². The van der Waals surface area contributed by atoms with E-state index in [9.17, 15) is 0 Å². The summed E-state index contributed by atoms with van der Waals surface area (Å²) in [5.74, 6) is 0.887. The summed E-state index contributed by atoms with van der Waals surface area (Å²) in [7, 11) is 1.68. The number of rotatable bonds is 7. The molecule has 0 saturated carbocycles. The highest BCUT2D eigenvalue weighted by Gasteiger charge is 2.11. The van der Waals surface area contributed by atoms with Crippen LogP contribution in [0.5, 0.6) is 5.75 Å². The average molecular weight is 264 g/mol. The van der Waals surface area contributed by atoms with Gasteiger partial charge >= 0.3 is 0 Å².